The standard InChI is InChI=1S/C19H28N4O2/c1-14-12-16(22-9-3-4-10-22)7-8-17(14)21-19(25)20-15(2)13-23-11-5-6-18(23)24/h7-8,12,15H,3-6,9-11,13H2,1-2H3,(H2,20,21,25). The van der Waals surface area contributed by atoms with E-state index in [0.29, 0.717) is 13.0 Å². The summed E-state index contributed by atoms with van der Waals surface area (Å²) in [6.07, 6.45) is 4.04. The maximum atomic E-state index is 12.2. The van der Waals surface area contributed by atoms with Crippen LogP contribution in [0.25, 0.3) is 0 Å². The molecule has 3 amide bonds. The first-order chi connectivity index (χ1) is 12.0. The Morgan fingerprint density at radius 3 is 2.60 bits per heavy atom. The van der Waals surface area contributed by atoms with Gasteiger partial charge in [-0.1, -0.05) is 0 Å². The van der Waals surface area contributed by atoms with Gasteiger partial charge in [0.1, 0.15) is 0 Å². The third-order valence-electron chi connectivity index (χ3n) is 4.97. The minimum atomic E-state index is -0.226. The summed E-state index contributed by atoms with van der Waals surface area (Å²) in [4.78, 5) is 28.1. The molecule has 3 rings (SSSR count). The zero-order chi connectivity index (χ0) is 17.8. The van der Waals surface area contributed by atoms with Gasteiger partial charge in [-0.05, 0) is 56.9 Å². The first kappa shape index (κ1) is 17.6. The van der Waals surface area contributed by atoms with Gasteiger partial charge in [0.05, 0.1) is 0 Å². The molecular weight excluding hydrogens is 316 g/mol. The maximum Gasteiger partial charge on any atom is 0.319 e. The van der Waals surface area contributed by atoms with Crippen LogP contribution in [0, 0.1) is 6.92 Å². The fraction of sp³-hybridized carbons (Fsp3) is 0.579. The fourth-order valence-corrected chi connectivity index (χ4v) is 3.62. The zero-order valence-electron chi connectivity index (χ0n) is 15.2. The molecule has 2 fully saturated rings. The normalized spacial score (nSPS) is 18.6. The quantitative estimate of drug-likeness (QED) is 0.863. The number of nitrogens with zero attached hydrogens (tertiary/aromatic N) is 2. The van der Waals surface area contributed by atoms with E-state index in [2.05, 4.69) is 27.7 Å². The molecule has 2 heterocycles. The molecule has 1 aromatic rings. The van der Waals surface area contributed by atoms with Gasteiger partial charge < -0.3 is 20.4 Å². The van der Waals surface area contributed by atoms with Crippen LogP contribution in [0.15, 0.2) is 18.2 Å². The van der Waals surface area contributed by atoms with E-state index in [4.69, 9.17) is 0 Å². The highest BCUT2D eigenvalue weighted by Gasteiger charge is 2.22. The SMILES string of the molecule is Cc1cc(N2CCCC2)ccc1NC(=O)NC(C)CN1CCCC1=O. The number of hydrogen-bond donors (Lipinski definition) is 2. The van der Waals surface area contributed by atoms with E-state index in [1.165, 1.54) is 18.5 Å². The van der Waals surface area contributed by atoms with Crippen molar-refractivity contribution in [3.63, 3.8) is 0 Å². The molecule has 2 aliphatic rings. The summed E-state index contributed by atoms with van der Waals surface area (Å²) in [6.45, 7) is 7.53. The Hall–Kier alpha value is -2.24. The number of benzene rings is 1. The lowest BCUT2D eigenvalue weighted by molar-refractivity contribution is -0.127. The third kappa shape index (κ3) is 4.44. The highest BCUT2D eigenvalue weighted by atomic mass is 16.2. The zero-order valence-corrected chi connectivity index (χ0v) is 15.2. The lowest BCUT2D eigenvalue weighted by atomic mass is 10.1. The summed E-state index contributed by atoms with van der Waals surface area (Å²) >= 11 is 0. The van der Waals surface area contributed by atoms with Gasteiger partial charge >= 0.3 is 6.03 Å². The number of carbonyl (C=O) groups excluding carboxylic acids is 2. The summed E-state index contributed by atoms with van der Waals surface area (Å²) < 4.78 is 0. The minimum Gasteiger partial charge on any atom is -0.372 e. The average Bonchev–Trinajstić information content (AvgIpc) is 3.22. The third-order valence-corrected chi connectivity index (χ3v) is 4.97. The van der Waals surface area contributed by atoms with E-state index in [1.54, 1.807) is 0 Å². The van der Waals surface area contributed by atoms with E-state index in [9.17, 15) is 9.59 Å². The van der Waals surface area contributed by atoms with E-state index >= 15 is 0 Å². The van der Waals surface area contributed by atoms with E-state index in [0.717, 1.165) is 37.3 Å². The molecule has 25 heavy (non-hydrogen) atoms. The van der Waals surface area contributed by atoms with Crippen LogP contribution in [0.5, 0.6) is 0 Å². The number of nitrogens with one attached hydrogen (secondary N) is 2. The predicted octanol–water partition coefficient (Wildman–Crippen LogP) is 2.73. The van der Waals surface area contributed by atoms with Gasteiger partial charge in [0.2, 0.25) is 5.91 Å². The van der Waals surface area contributed by atoms with Crippen LogP contribution in [0.3, 0.4) is 0 Å². The molecule has 0 radical (unpaired) electrons. The van der Waals surface area contributed by atoms with Crippen LogP contribution in [0.2, 0.25) is 0 Å². The van der Waals surface area contributed by atoms with Crippen molar-refractivity contribution in [3.05, 3.63) is 23.8 Å². The highest BCUT2D eigenvalue weighted by molar-refractivity contribution is 5.90. The maximum absolute atomic E-state index is 12.2. The number of rotatable bonds is 5. The number of urea groups is 1. The topological polar surface area (TPSA) is 64.7 Å². The van der Waals surface area contributed by atoms with Crippen molar-refractivity contribution in [2.45, 2.75) is 45.6 Å². The fourth-order valence-electron chi connectivity index (χ4n) is 3.62. The van der Waals surface area contributed by atoms with Crippen LogP contribution < -0.4 is 15.5 Å². The van der Waals surface area contributed by atoms with Crippen molar-refractivity contribution in [2.75, 3.05) is 36.4 Å². The molecule has 0 aromatic heterocycles. The number of carbonyl (C=O) groups is 2. The van der Waals surface area contributed by atoms with Crippen molar-refractivity contribution in [3.8, 4) is 0 Å². The second-order valence-electron chi connectivity index (χ2n) is 7.14. The van der Waals surface area contributed by atoms with Crippen molar-refractivity contribution in [2.24, 2.45) is 0 Å². The molecule has 6 heteroatoms. The van der Waals surface area contributed by atoms with Crippen molar-refractivity contribution in [1.82, 2.24) is 10.2 Å². The minimum absolute atomic E-state index is 0.0776. The van der Waals surface area contributed by atoms with Crippen molar-refractivity contribution >= 4 is 23.3 Å². The molecule has 1 unspecified atom stereocenters. The van der Waals surface area contributed by atoms with Gasteiger partial charge in [0.15, 0.2) is 0 Å². The van der Waals surface area contributed by atoms with Gasteiger partial charge in [-0.25, -0.2) is 4.79 Å². The average molecular weight is 344 g/mol. The lowest BCUT2D eigenvalue weighted by Gasteiger charge is -2.22. The van der Waals surface area contributed by atoms with Crippen molar-refractivity contribution < 1.29 is 9.59 Å². The summed E-state index contributed by atoms with van der Waals surface area (Å²) in [5.41, 5.74) is 3.11. The summed E-state index contributed by atoms with van der Waals surface area (Å²) in [5.74, 6) is 0.183. The Morgan fingerprint density at radius 2 is 1.96 bits per heavy atom. The van der Waals surface area contributed by atoms with Crippen LogP contribution in [0.4, 0.5) is 16.2 Å². The molecule has 2 saturated heterocycles. The van der Waals surface area contributed by atoms with Crippen LogP contribution in [0.1, 0.15) is 38.2 Å². The molecule has 0 bridgehead atoms. The van der Waals surface area contributed by atoms with E-state index in [1.807, 2.05) is 24.8 Å². The predicted molar refractivity (Wildman–Crippen MR) is 100 cm³/mol. The van der Waals surface area contributed by atoms with Crippen LogP contribution in [-0.4, -0.2) is 49.1 Å². The number of amides is 3. The molecule has 0 saturated carbocycles. The molecule has 0 aliphatic carbocycles. The first-order valence-electron chi connectivity index (χ1n) is 9.24. The molecule has 2 aliphatic heterocycles. The van der Waals surface area contributed by atoms with Crippen molar-refractivity contribution in [1.29, 1.82) is 0 Å². The summed E-state index contributed by atoms with van der Waals surface area (Å²) in [5, 5.41) is 5.84. The first-order valence-corrected chi connectivity index (χ1v) is 9.24. The van der Waals surface area contributed by atoms with Gasteiger partial charge in [-0.2, -0.15) is 0 Å². The lowest BCUT2D eigenvalue weighted by Crippen LogP contribution is -2.44. The van der Waals surface area contributed by atoms with Crippen LogP contribution >= 0.6 is 0 Å². The summed E-state index contributed by atoms with van der Waals surface area (Å²) in [6, 6.07) is 5.87. The largest absolute Gasteiger partial charge is 0.372 e. The molecule has 0 spiro atoms. The highest BCUT2D eigenvalue weighted by Crippen LogP contribution is 2.25. The van der Waals surface area contributed by atoms with Crippen LogP contribution in [-0.2, 0) is 4.79 Å². The molecule has 136 valence electrons. The molecule has 1 atom stereocenters. The smallest absolute Gasteiger partial charge is 0.319 e. The Kier molecular flexibility index (Phi) is 5.46. The molecule has 2 N–H and O–H groups in total. The number of anilines is 2. The Balaban J connectivity index is 1.52. The van der Waals surface area contributed by atoms with Gasteiger partial charge in [-0.3, -0.25) is 4.79 Å². The second-order valence-corrected chi connectivity index (χ2v) is 7.14. The Labute approximate surface area is 149 Å². The monoisotopic (exact) mass is 344 g/mol. The molecule has 6 nitrogen and oxygen atoms in total. The summed E-state index contributed by atoms with van der Waals surface area (Å²) in [7, 11) is 0. The van der Waals surface area contributed by atoms with E-state index < -0.39 is 0 Å². The van der Waals surface area contributed by atoms with E-state index in [-0.39, 0.29) is 18.0 Å². The molecular formula is C19H28N4O2. The van der Waals surface area contributed by atoms with Gasteiger partial charge in [-0.15, -0.1) is 0 Å². The van der Waals surface area contributed by atoms with Gasteiger partial charge in [0, 0.05) is 50.0 Å². The van der Waals surface area contributed by atoms with Gasteiger partial charge in [0.25, 0.3) is 0 Å². The number of hydrogen-bond acceptors (Lipinski definition) is 3. The molecule has 1 aromatic carbocycles. The Morgan fingerprint density at radius 1 is 1.20 bits per heavy atom. The number of aryl methyl sites for hydroxylation is 1. The Bertz CT molecular complexity index is 640. The second kappa shape index (κ2) is 7.76. The number of likely N-dealkylation sites (tertiary alicyclic amines) is 1.